The van der Waals surface area contributed by atoms with Crippen LogP contribution in [0.4, 0.5) is 5.69 Å². The largest absolute Gasteiger partial charge is 0.343 e. The van der Waals surface area contributed by atoms with Crippen LogP contribution < -0.4 is 10.6 Å². The fraction of sp³-hybridized carbons (Fsp3) is 0.318. The molecule has 0 saturated carbocycles. The van der Waals surface area contributed by atoms with Crippen LogP contribution in [0, 0.1) is 6.92 Å². The summed E-state index contributed by atoms with van der Waals surface area (Å²) < 4.78 is 2.08. The zero-order valence-corrected chi connectivity index (χ0v) is 19.7. The lowest BCUT2D eigenvalue weighted by molar-refractivity contribution is -0.115. The quantitative estimate of drug-likeness (QED) is 0.340. The molecule has 3 rings (SSSR count). The maximum absolute atomic E-state index is 12.2. The van der Waals surface area contributed by atoms with Crippen LogP contribution in [0.3, 0.4) is 0 Å². The molecule has 0 saturated heterocycles. The Balaban J connectivity index is 1.52. The predicted octanol–water partition coefficient (Wildman–Crippen LogP) is 5.21. The van der Waals surface area contributed by atoms with E-state index < -0.39 is 0 Å². The third-order valence-electron chi connectivity index (χ3n) is 4.10. The maximum Gasteiger partial charge on any atom is 0.251 e. The first kappa shape index (κ1) is 22.7. The number of nitrogens with zero attached hydrogens (tertiary/aromatic N) is 1. The van der Waals surface area contributed by atoms with Crippen LogP contribution in [-0.4, -0.2) is 40.1 Å². The highest BCUT2D eigenvalue weighted by atomic mass is 32.2. The van der Waals surface area contributed by atoms with Gasteiger partial charge in [0.25, 0.3) is 5.91 Å². The van der Waals surface area contributed by atoms with Crippen molar-refractivity contribution in [3.05, 3.63) is 53.6 Å². The van der Waals surface area contributed by atoms with Gasteiger partial charge >= 0.3 is 0 Å². The molecule has 0 aliphatic carbocycles. The Morgan fingerprint density at radius 2 is 1.97 bits per heavy atom. The van der Waals surface area contributed by atoms with Gasteiger partial charge < -0.3 is 10.6 Å². The molecule has 0 aliphatic rings. The Hall–Kier alpha value is -2.03. The molecular weight excluding hydrogens is 434 g/mol. The first-order chi connectivity index (χ1) is 14.4. The average Bonchev–Trinajstić information content (AvgIpc) is 3.11. The predicted molar refractivity (Wildman–Crippen MR) is 130 cm³/mol. The van der Waals surface area contributed by atoms with Crippen molar-refractivity contribution >= 4 is 62.6 Å². The van der Waals surface area contributed by atoms with Gasteiger partial charge in [-0.1, -0.05) is 43.3 Å². The molecule has 0 atom stereocenters. The van der Waals surface area contributed by atoms with Gasteiger partial charge in [0.2, 0.25) is 5.91 Å². The van der Waals surface area contributed by atoms with E-state index in [9.17, 15) is 9.59 Å². The summed E-state index contributed by atoms with van der Waals surface area (Å²) in [6.07, 6.45) is 0. The molecule has 5 nitrogen and oxygen atoms in total. The number of thioether (sulfide) groups is 2. The number of hydrogen-bond acceptors (Lipinski definition) is 6. The van der Waals surface area contributed by atoms with Gasteiger partial charge in [-0.05, 0) is 42.5 Å². The number of aromatic nitrogens is 1. The second kappa shape index (κ2) is 10.8. The van der Waals surface area contributed by atoms with E-state index >= 15 is 0 Å². The molecule has 158 valence electrons. The highest BCUT2D eigenvalue weighted by Crippen LogP contribution is 2.31. The Morgan fingerprint density at radius 1 is 1.13 bits per heavy atom. The zero-order valence-electron chi connectivity index (χ0n) is 17.2. The van der Waals surface area contributed by atoms with Gasteiger partial charge in [0, 0.05) is 22.8 Å². The van der Waals surface area contributed by atoms with Crippen molar-refractivity contribution in [1.82, 2.24) is 10.3 Å². The van der Waals surface area contributed by atoms with E-state index in [0.29, 0.717) is 16.5 Å². The van der Waals surface area contributed by atoms with Gasteiger partial charge in [-0.15, -0.1) is 11.3 Å². The van der Waals surface area contributed by atoms with Gasteiger partial charge in [-0.2, -0.15) is 11.8 Å². The third kappa shape index (κ3) is 6.75. The third-order valence-corrected chi connectivity index (χ3v) is 7.63. The number of nitrogens with one attached hydrogen (secondary N) is 2. The number of hydrogen-bond donors (Lipinski definition) is 2. The van der Waals surface area contributed by atoms with Crippen LogP contribution in [0.1, 0.15) is 29.8 Å². The molecule has 0 fully saturated rings. The minimum absolute atomic E-state index is 0.0812. The highest BCUT2D eigenvalue weighted by Gasteiger charge is 2.10. The minimum Gasteiger partial charge on any atom is -0.343 e. The van der Waals surface area contributed by atoms with Crippen LogP contribution in [0.2, 0.25) is 0 Å². The van der Waals surface area contributed by atoms with Crippen molar-refractivity contribution in [2.45, 2.75) is 30.4 Å². The van der Waals surface area contributed by atoms with Gasteiger partial charge in [0.1, 0.15) is 0 Å². The first-order valence-electron chi connectivity index (χ1n) is 9.70. The van der Waals surface area contributed by atoms with Crippen molar-refractivity contribution < 1.29 is 9.59 Å². The summed E-state index contributed by atoms with van der Waals surface area (Å²) in [7, 11) is 0. The van der Waals surface area contributed by atoms with Crippen molar-refractivity contribution in [2.24, 2.45) is 0 Å². The Kier molecular flexibility index (Phi) is 8.18. The standard InChI is InChI=1S/C22H25N3O2S3/c1-14(2)28-9-10-29-22-25-18-8-7-17(12-19(18)30-22)24-20(26)13-23-21(27)16-6-4-5-15(3)11-16/h4-8,11-12,14H,9-10,13H2,1-3H3,(H,23,27)(H,24,26). The average molecular weight is 460 g/mol. The number of carbonyl (C=O) groups excluding carboxylic acids is 2. The van der Waals surface area contributed by atoms with Crippen molar-refractivity contribution in [1.29, 1.82) is 0 Å². The molecule has 0 aliphatic heterocycles. The van der Waals surface area contributed by atoms with Gasteiger partial charge in [0.15, 0.2) is 4.34 Å². The number of carbonyl (C=O) groups is 2. The number of anilines is 1. The summed E-state index contributed by atoms with van der Waals surface area (Å²) >= 11 is 5.36. The fourth-order valence-corrected chi connectivity index (χ4v) is 5.73. The SMILES string of the molecule is Cc1cccc(C(=O)NCC(=O)Nc2ccc3nc(SCCSC(C)C)sc3c2)c1. The molecule has 0 radical (unpaired) electrons. The smallest absolute Gasteiger partial charge is 0.251 e. The van der Waals surface area contributed by atoms with Crippen molar-refractivity contribution in [3.8, 4) is 0 Å². The molecule has 3 aromatic rings. The second-order valence-corrected chi connectivity index (χ2v) is 11.1. The number of aryl methyl sites for hydroxylation is 1. The van der Waals surface area contributed by atoms with Gasteiger partial charge in [-0.3, -0.25) is 9.59 Å². The molecule has 2 aromatic carbocycles. The van der Waals surface area contributed by atoms with E-state index in [1.54, 1.807) is 35.2 Å². The summed E-state index contributed by atoms with van der Waals surface area (Å²) in [4.78, 5) is 29.1. The summed E-state index contributed by atoms with van der Waals surface area (Å²) in [5.41, 5.74) is 3.18. The Morgan fingerprint density at radius 3 is 2.73 bits per heavy atom. The molecule has 30 heavy (non-hydrogen) atoms. The number of amides is 2. The molecule has 0 spiro atoms. The monoisotopic (exact) mass is 459 g/mol. The van der Waals surface area contributed by atoms with E-state index in [0.717, 1.165) is 31.6 Å². The molecule has 2 amide bonds. The van der Waals surface area contributed by atoms with Crippen LogP contribution in [-0.2, 0) is 4.79 Å². The van der Waals surface area contributed by atoms with Gasteiger partial charge in [-0.25, -0.2) is 4.98 Å². The fourth-order valence-electron chi connectivity index (χ4n) is 2.71. The van der Waals surface area contributed by atoms with Crippen LogP contribution in [0.5, 0.6) is 0 Å². The molecule has 1 aromatic heterocycles. The molecular formula is C22H25N3O2S3. The van der Waals surface area contributed by atoms with E-state index in [1.807, 2.05) is 49.0 Å². The van der Waals surface area contributed by atoms with E-state index in [2.05, 4.69) is 29.5 Å². The number of thiazole rings is 1. The summed E-state index contributed by atoms with van der Waals surface area (Å²) in [5, 5.41) is 6.15. The Bertz CT molecular complexity index is 1030. The van der Waals surface area contributed by atoms with Gasteiger partial charge in [0.05, 0.1) is 16.8 Å². The maximum atomic E-state index is 12.2. The normalized spacial score (nSPS) is 11.1. The van der Waals surface area contributed by atoms with Crippen molar-refractivity contribution in [2.75, 3.05) is 23.4 Å². The Labute approximate surface area is 189 Å². The zero-order chi connectivity index (χ0) is 21.5. The number of rotatable bonds is 9. The van der Waals surface area contributed by atoms with E-state index in [4.69, 9.17) is 0 Å². The summed E-state index contributed by atoms with van der Waals surface area (Å²) in [6, 6.07) is 13.0. The van der Waals surface area contributed by atoms with Crippen LogP contribution >= 0.6 is 34.9 Å². The van der Waals surface area contributed by atoms with Crippen LogP contribution in [0.25, 0.3) is 10.2 Å². The molecule has 1 heterocycles. The van der Waals surface area contributed by atoms with Crippen molar-refractivity contribution in [3.63, 3.8) is 0 Å². The second-order valence-electron chi connectivity index (χ2n) is 7.03. The minimum atomic E-state index is -0.264. The highest BCUT2D eigenvalue weighted by molar-refractivity contribution is 8.04. The topological polar surface area (TPSA) is 71.1 Å². The lowest BCUT2D eigenvalue weighted by atomic mass is 10.1. The lowest BCUT2D eigenvalue weighted by Gasteiger charge is -2.07. The molecule has 0 bridgehead atoms. The van der Waals surface area contributed by atoms with E-state index in [-0.39, 0.29) is 18.4 Å². The van der Waals surface area contributed by atoms with Crippen LogP contribution in [0.15, 0.2) is 46.8 Å². The molecule has 0 unspecified atom stereocenters. The summed E-state index contributed by atoms with van der Waals surface area (Å²) in [5.74, 6) is 1.62. The number of fused-ring (bicyclic) bond motifs is 1. The lowest BCUT2D eigenvalue weighted by Crippen LogP contribution is -2.32. The molecule has 8 heteroatoms. The summed E-state index contributed by atoms with van der Waals surface area (Å²) in [6.45, 7) is 6.25. The first-order valence-corrected chi connectivity index (χ1v) is 12.6. The number of benzene rings is 2. The molecule has 2 N–H and O–H groups in total. The van der Waals surface area contributed by atoms with E-state index in [1.165, 1.54) is 0 Å².